The Morgan fingerprint density at radius 3 is 2.45 bits per heavy atom. The van der Waals surface area contributed by atoms with E-state index in [4.69, 9.17) is 5.73 Å². The number of carbonyl (C=O) groups is 1. The molecule has 20 heavy (non-hydrogen) atoms. The molecular weight excluding hydrogens is 254 g/mol. The lowest BCUT2D eigenvalue weighted by Crippen LogP contribution is -2.43. The third-order valence-electron chi connectivity index (χ3n) is 3.09. The first-order valence-electron chi connectivity index (χ1n) is 6.29. The fourth-order valence-corrected chi connectivity index (χ4v) is 1.92. The predicted octanol–water partition coefficient (Wildman–Crippen LogP) is 1.32. The monoisotopic (exact) mass is 271 g/mol. The molecule has 1 atom stereocenters. The summed E-state index contributed by atoms with van der Waals surface area (Å²) in [6.07, 6.45) is 3.68. The summed E-state index contributed by atoms with van der Waals surface area (Å²) in [6.45, 7) is 0. The van der Waals surface area contributed by atoms with Crippen LogP contribution in [-0.2, 0) is 11.2 Å². The molecule has 3 N–H and O–H groups in total. The van der Waals surface area contributed by atoms with Gasteiger partial charge in [-0.1, -0.05) is 12.1 Å². The van der Waals surface area contributed by atoms with Gasteiger partial charge in [0.25, 0.3) is 0 Å². The standard InChI is InChI=1S/C15H17N3O2/c1-18(12-6-8-17-9-7-12)15(20)14(16)10-11-2-4-13(19)5-3-11/h2-9,14,19H,10,16H2,1H3/t14-/m1/s1. The molecule has 5 heteroatoms. The van der Waals surface area contributed by atoms with E-state index < -0.39 is 6.04 Å². The van der Waals surface area contributed by atoms with Gasteiger partial charge in [0.1, 0.15) is 5.75 Å². The van der Waals surface area contributed by atoms with Crippen molar-refractivity contribution in [3.05, 3.63) is 54.4 Å². The number of aromatic nitrogens is 1. The Kier molecular flexibility index (Phi) is 4.32. The summed E-state index contributed by atoms with van der Waals surface area (Å²) >= 11 is 0. The second-order valence-electron chi connectivity index (χ2n) is 4.58. The van der Waals surface area contributed by atoms with Gasteiger partial charge >= 0.3 is 0 Å². The van der Waals surface area contributed by atoms with Crippen LogP contribution in [0.5, 0.6) is 5.75 Å². The first kappa shape index (κ1) is 14.0. The Hall–Kier alpha value is -2.40. The maximum absolute atomic E-state index is 12.2. The third kappa shape index (κ3) is 3.33. The van der Waals surface area contributed by atoms with Crippen LogP contribution in [0.1, 0.15) is 5.56 Å². The van der Waals surface area contributed by atoms with Crippen LogP contribution in [0.15, 0.2) is 48.8 Å². The normalized spacial score (nSPS) is 11.9. The Balaban J connectivity index is 2.03. The van der Waals surface area contributed by atoms with Crippen LogP contribution in [0, 0.1) is 0 Å². The van der Waals surface area contributed by atoms with Gasteiger partial charge in [0, 0.05) is 25.1 Å². The van der Waals surface area contributed by atoms with Crippen molar-refractivity contribution in [2.45, 2.75) is 12.5 Å². The van der Waals surface area contributed by atoms with Gasteiger partial charge in [-0.2, -0.15) is 0 Å². The van der Waals surface area contributed by atoms with Crippen molar-refractivity contribution in [3.63, 3.8) is 0 Å². The molecule has 0 spiro atoms. The van der Waals surface area contributed by atoms with Crippen LogP contribution in [0.4, 0.5) is 5.69 Å². The fraction of sp³-hybridized carbons (Fsp3) is 0.200. The number of anilines is 1. The number of hydrogen-bond acceptors (Lipinski definition) is 4. The lowest BCUT2D eigenvalue weighted by Gasteiger charge is -2.21. The van der Waals surface area contributed by atoms with E-state index in [1.165, 1.54) is 4.90 Å². The number of nitrogens with two attached hydrogens (primary N) is 1. The molecule has 5 nitrogen and oxygen atoms in total. The molecular formula is C15H17N3O2. The summed E-state index contributed by atoms with van der Waals surface area (Å²) in [6, 6.07) is 9.57. The van der Waals surface area contributed by atoms with Gasteiger partial charge in [0.2, 0.25) is 5.91 Å². The number of amides is 1. The lowest BCUT2D eigenvalue weighted by atomic mass is 10.1. The highest BCUT2D eigenvalue weighted by Crippen LogP contribution is 2.14. The van der Waals surface area contributed by atoms with Gasteiger partial charge < -0.3 is 15.7 Å². The Labute approximate surface area is 117 Å². The smallest absolute Gasteiger partial charge is 0.243 e. The minimum atomic E-state index is -0.627. The van der Waals surface area contributed by atoms with Crippen LogP contribution in [-0.4, -0.2) is 29.1 Å². The molecule has 2 rings (SSSR count). The molecule has 0 aliphatic rings. The zero-order valence-corrected chi connectivity index (χ0v) is 11.2. The first-order chi connectivity index (χ1) is 9.58. The van der Waals surface area contributed by atoms with Crippen molar-refractivity contribution in [1.82, 2.24) is 4.98 Å². The number of nitrogens with zero attached hydrogens (tertiary/aromatic N) is 2. The Bertz CT molecular complexity index is 569. The molecule has 0 aliphatic heterocycles. The molecule has 0 radical (unpaired) electrons. The van der Waals surface area contributed by atoms with E-state index in [0.29, 0.717) is 6.42 Å². The number of pyridine rings is 1. The molecule has 104 valence electrons. The summed E-state index contributed by atoms with van der Waals surface area (Å²) in [5.41, 5.74) is 7.62. The van der Waals surface area contributed by atoms with Crippen LogP contribution >= 0.6 is 0 Å². The molecule has 1 heterocycles. The second-order valence-corrected chi connectivity index (χ2v) is 4.58. The number of carbonyl (C=O) groups excluding carboxylic acids is 1. The average molecular weight is 271 g/mol. The number of aromatic hydroxyl groups is 1. The SMILES string of the molecule is CN(C(=O)[C@H](N)Cc1ccc(O)cc1)c1ccncc1. The van der Waals surface area contributed by atoms with E-state index in [1.54, 1.807) is 55.8 Å². The summed E-state index contributed by atoms with van der Waals surface area (Å²) in [4.78, 5) is 17.7. The highest BCUT2D eigenvalue weighted by molar-refractivity contribution is 5.96. The summed E-state index contributed by atoms with van der Waals surface area (Å²) in [5, 5.41) is 9.22. The molecule has 2 aromatic rings. The summed E-state index contributed by atoms with van der Waals surface area (Å²) < 4.78 is 0. The number of hydrogen-bond donors (Lipinski definition) is 2. The van der Waals surface area contributed by atoms with E-state index in [2.05, 4.69) is 4.98 Å². The number of likely N-dealkylation sites (N-methyl/N-ethyl adjacent to an activating group) is 1. The summed E-state index contributed by atoms with van der Waals surface area (Å²) in [7, 11) is 1.69. The molecule has 1 aromatic carbocycles. The van der Waals surface area contributed by atoms with Crippen LogP contribution in [0.3, 0.4) is 0 Å². The number of phenolic OH excluding ortho intramolecular Hbond substituents is 1. The van der Waals surface area contributed by atoms with Gasteiger partial charge in [-0.3, -0.25) is 9.78 Å². The van der Waals surface area contributed by atoms with Gasteiger partial charge in [0.05, 0.1) is 6.04 Å². The van der Waals surface area contributed by atoms with Crippen molar-refractivity contribution in [2.24, 2.45) is 5.73 Å². The van der Waals surface area contributed by atoms with Gasteiger partial charge in [0.15, 0.2) is 0 Å². The van der Waals surface area contributed by atoms with Crippen LogP contribution < -0.4 is 10.6 Å². The predicted molar refractivity (Wildman–Crippen MR) is 77.4 cm³/mol. The number of benzene rings is 1. The van der Waals surface area contributed by atoms with Crippen LogP contribution in [0.25, 0.3) is 0 Å². The maximum Gasteiger partial charge on any atom is 0.243 e. The highest BCUT2D eigenvalue weighted by Gasteiger charge is 2.19. The molecule has 0 fully saturated rings. The first-order valence-corrected chi connectivity index (χ1v) is 6.29. The molecule has 0 unspecified atom stereocenters. The minimum Gasteiger partial charge on any atom is -0.508 e. The maximum atomic E-state index is 12.2. The fourth-order valence-electron chi connectivity index (χ4n) is 1.92. The lowest BCUT2D eigenvalue weighted by molar-refractivity contribution is -0.119. The Morgan fingerprint density at radius 1 is 1.25 bits per heavy atom. The quantitative estimate of drug-likeness (QED) is 0.879. The van der Waals surface area contributed by atoms with Crippen molar-refractivity contribution in [3.8, 4) is 5.75 Å². The van der Waals surface area contributed by atoms with Crippen molar-refractivity contribution >= 4 is 11.6 Å². The third-order valence-corrected chi connectivity index (χ3v) is 3.09. The average Bonchev–Trinajstić information content (AvgIpc) is 2.49. The largest absolute Gasteiger partial charge is 0.508 e. The zero-order chi connectivity index (χ0) is 14.5. The zero-order valence-electron chi connectivity index (χ0n) is 11.2. The molecule has 0 aliphatic carbocycles. The van der Waals surface area contributed by atoms with E-state index in [0.717, 1.165) is 11.3 Å². The van der Waals surface area contributed by atoms with Crippen molar-refractivity contribution in [2.75, 3.05) is 11.9 Å². The van der Waals surface area contributed by atoms with E-state index in [9.17, 15) is 9.90 Å². The molecule has 0 saturated carbocycles. The summed E-state index contributed by atoms with van der Waals surface area (Å²) in [5.74, 6) is 0.0341. The molecule has 1 amide bonds. The second kappa shape index (κ2) is 6.16. The highest BCUT2D eigenvalue weighted by atomic mass is 16.3. The van der Waals surface area contributed by atoms with Crippen LogP contribution in [0.2, 0.25) is 0 Å². The van der Waals surface area contributed by atoms with E-state index >= 15 is 0 Å². The van der Waals surface area contributed by atoms with Gasteiger partial charge in [-0.15, -0.1) is 0 Å². The molecule has 1 aromatic heterocycles. The number of phenols is 1. The van der Waals surface area contributed by atoms with Crippen molar-refractivity contribution < 1.29 is 9.90 Å². The molecule has 0 bridgehead atoms. The minimum absolute atomic E-state index is 0.163. The Morgan fingerprint density at radius 2 is 1.85 bits per heavy atom. The van der Waals surface area contributed by atoms with Gasteiger partial charge in [-0.25, -0.2) is 0 Å². The topological polar surface area (TPSA) is 79.5 Å². The van der Waals surface area contributed by atoms with E-state index in [-0.39, 0.29) is 11.7 Å². The molecule has 0 saturated heterocycles. The van der Waals surface area contributed by atoms with Crippen molar-refractivity contribution in [1.29, 1.82) is 0 Å². The van der Waals surface area contributed by atoms with E-state index in [1.807, 2.05) is 0 Å². The van der Waals surface area contributed by atoms with Gasteiger partial charge in [-0.05, 0) is 36.2 Å². The number of rotatable bonds is 4.